The summed E-state index contributed by atoms with van der Waals surface area (Å²) in [6.07, 6.45) is 2.13. The summed E-state index contributed by atoms with van der Waals surface area (Å²) in [5.74, 6) is -3.73. The summed E-state index contributed by atoms with van der Waals surface area (Å²) >= 11 is 0. The number of Topliss-reactive ketones (excluding diaryl/α,β-unsaturated/α-hetero) is 1. The Morgan fingerprint density at radius 1 is 1.00 bits per heavy atom. The van der Waals surface area contributed by atoms with E-state index in [0.29, 0.717) is 24.1 Å². The van der Waals surface area contributed by atoms with Gasteiger partial charge < -0.3 is 4.74 Å². The van der Waals surface area contributed by atoms with Crippen molar-refractivity contribution in [2.75, 3.05) is 6.61 Å². The van der Waals surface area contributed by atoms with Gasteiger partial charge in [0.15, 0.2) is 12.3 Å². The molecule has 0 fully saturated rings. The van der Waals surface area contributed by atoms with Crippen LogP contribution < -0.4 is 0 Å². The minimum absolute atomic E-state index is 0.0642. The van der Waals surface area contributed by atoms with Gasteiger partial charge in [-0.05, 0) is 61.7 Å². The van der Waals surface area contributed by atoms with Crippen molar-refractivity contribution < 1.29 is 27.5 Å². The average molecular weight is 400 g/mol. The van der Waals surface area contributed by atoms with Crippen LogP contribution in [0, 0.1) is 17.5 Å². The summed E-state index contributed by atoms with van der Waals surface area (Å²) in [6.45, 7) is -0.739. The normalized spacial score (nSPS) is 12.7. The molecule has 0 saturated carbocycles. The molecule has 2 aromatic carbocycles. The molecular formula is C21H15F3N2O3. The number of ketones is 1. The molecule has 8 heteroatoms. The van der Waals surface area contributed by atoms with Crippen LogP contribution in [0.4, 0.5) is 13.2 Å². The first-order valence-electron chi connectivity index (χ1n) is 8.96. The van der Waals surface area contributed by atoms with E-state index in [2.05, 4.69) is 5.10 Å². The first-order valence-corrected chi connectivity index (χ1v) is 8.96. The molecule has 0 bridgehead atoms. The highest BCUT2D eigenvalue weighted by molar-refractivity contribution is 5.99. The molecule has 148 valence electrons. The molecule has 1 heterocycles. The highest BCUT2D eigenvalue weighted by Crippen LogP contribution is 2.28. The number of halogens is 3. The zero-order valence-corrected chi connectivity index (χ0v) is 15.1. The molecule has 4 rings (SSSR count). The van der Waals surface area contributed by atoms with E-state index in [0.717, 1.165) is 30.3 Å². The summed E-state index contributed by atoms with van der Waals surface area (Å²) in [6, 6.07) is 8.17. The van der Waals surface area contributed by atoms with E-state index in [1.807, 2.05) is 0 Å². The molecule has 0 amide bonds. The van der Waals surface area contributed by atoms with Gasteiger partial charge in [-0.25, -0.2) is 22.6 Å². The van der Waals surface area contributed by atoms with Gasteiger partial charge in [0.25, 0.3) is 0 Å². The van der Waals surface area contributed by atoms with Gasteiger partial charge in [-0.1, -0.05) is 0 Å². The van der Waals surface area contributed by atoms with E-state index < -0.39 is 35.6 Å². The van der Waals surface area contributed by atoms with E-state index >= 15 is 0 Å². The van der Waals surface area contributed by atoms with Crippen LogP contribution in [0.1, 0.15) is 38.5 Å². The van der Waals surface area contributed by atoms with Crippen molar-refractivity contribution >= 4 is 11.8 Å². The molecule has 1 aromatic heterocycles. The fraction of sp³-hybridized carbons (Fsp3) is 0.190. The number of ether oxygens (including phenoxy) is 1. The van der Waals surface area contributed by atoms with Crippen molar-refractivity contribution in [3.8, 4) is 5.69 Å². The second-order valence-corrected chi connectivity index (χ2v) is 6.64. The predicted molar refractivity (Wildman–Crippen MR) is 96.5 cm³/mol. The number of carbonyl (C=O) groups excluding carboxylic acids is 2. The topological polar surface area (TPSA) is 61.2 Å². The Labute approximate surface area is 163 Å². The Hall–Kier alpha value is -3.42. The quantitative estimate of drug-likeness (QED) is 0.483. The Balaban J connectivity index is 1.55. The molecule has 3 aromatic rings. The molecule has 0 saturated heterocycles. The molecule has 0 unspecified atom stereocenters. The van der Waals surface area contributed by atoms with Crippen molar-refractivity contribution in [1.82, 2.24) is 9.78 Å². The Morgan fingerprint density at radius 3 is 2.48 bits per heavy atom. The van der Waals surface area contributed by atoms with E-state index in [-0.39, 0.29) is 11.5 Å². The van der Waals surface area contributed by atoms with Crippen LogP contribution in [0.2, 0.25) is 0 Å². The van der Waals surface area contributed by atoms with Crippen LogP contribution in [-0.2, 0) is 17.6 Å². The number of fused-ring (bicyclic) bond motifs is 1. The molecule has 29 heavy (non-hydrogen) atoms. The lowest BCUT2D eigenvalue weighted by Gasteiger charge is -2.06. The number of nitrogens with zero attached hydrogens (tertiary/aromatic N) is 2. The Kier molecular flexibility index (Phi) is 4.92. The standard InChI is InChI=1S/C21H15F3N2O3/c22-12-4-7-14(8-5-12)26-18-3-1-2-15(18)20(25-26)21(28)29-11-19(27)16-10-13(23)6-9-17(16)24/h4-10H,1-3,11H2. The number of hydrogen-bond acceptors (Lipinski definition) is 4. The van der Waals surface area contributed by atoms with Gasteiger partial charge in [0.2, 0.25) is 5.78 Å². The van der Waals surface area contributed by atoms with Gasteiger partial charge in [-0.2, -0.15) is 5.10 Å². The molecule has 1 aliphatic carbocycles. The summed E-state index contributed by atoms with van der Waals surface area (Å²) in [5.41, 5.74) is 1.71. The van der Waals surface area contributed by atoms with Crippen molar-refractivity contribution in [3.63, 3.8) is 0 Å². The monoisotopic (exact) mass is 400 g/mol. The summed E-state index contributed by atoms with van der Waals surface area (Å²) < 4.78 is 46.7. The molecule has 1 aliphatic rings. The number of esters is 1. The molecule has 0 aliphatic heterocycles. The summed E-state index contributed by atoms with van der Waals surface area (Å²) in [7, 11) is 0. The third-order valence-corrected chi connectivity index (χ3v) is 4.76. The number of hydrogen-bond donors (Lipinski definition) is 0. The van der Waals surface area contributed by atoms with Gasteiger partial charge in [0.1, 0.15) is 17.5 Å². The molecule has 0 radical (unpaired) electrons. The smallest absolute Gasteiger partial charge is 0.359 e. The zero-order valence-electron chi connectivity index (χ0n) is 15.1. The molecule has 0 atom stereocenters. The van der Waals surface area contributed by atoms with Gasteiger partial charge >= 0.3 is 5.97 Å². The first-order chi connectivity index (χ1) is 13.9. The molecule has 0 N–H and O–H groups in total. The Morgan fingerprint density at radius 2 is 1.72 bits per heavy atom. The lowest BCUT2D eigenvalue weighted by atomic mass is 10.1. The number of benzene rings is 2. The second-order valence-electron chi connectivity index (χ2n) is 6.64. The lowest BCUT2D eigenvalue weighted by Crippen LogP contribution is -2.17. The third-order valence-electron chi connectivity index (χ3n) is 4.76. The van der Waals surface area contributed by atoms with E-state index in [9.17, 15) is 22.8 Å². The minimum Gasteiger partial charge on any atom is -0.453 e. The lowest BCUT2D eigenvalue weighted by molar-refractivity contribution is 0.0466. The van der Waals surface area contributed by atoms with Crippen LogP contribution in [0.15, 0.2) is 42.5 Å². The molecular weight excluding hydrogens is 385 g/mol. The van der Waals surface area contributed by atoms with Crippen molar-refractivity contribution in [2.24, 2.45) is 0 Å². The van der Waals surface area contributed by atoms with Crippen LogP contribution in [0.3, 0.4) is 0 Å². The predicted octanol–water partition coefficient (Wildman–Crippen LogP) is 3.82. The number of rotatable bonds is 5. The van der Waals surface area contributed by atoms with Gasteiger partial charge in [-0.3, -0.25) is 4.79 Å². The largest absolute Gasteiger partial charge is 0.453 e. The maximum atomic E-state index is 13.7. The fourth-order valence-corrected chi connectivity index (χ4v) is 3.39. The highest BCUT2D eigenvalue weighted by Gasteiger charge is 2.28. The third kappa shape index (κ3) is 3.65. The SMILES string of the molecule is O=C(COC(=O)c1nn(-c2ccc(F)cc2)c2c1CCC2)c1cc(F)ccc1F. The number of carbonyl (C=O) groups is 2. The highest BCUT2D eigenvalue weighted by atomic mass is 19.1. The maximum Gasteiger partial charge on any atom is 0.359 e. The molecule has 0 spiro atoms. The van der Waals surface area contributed by atoms with Crippen LogP contribution in [-0.4, -0.2) is 28.1 Å². The van der Waals surface area contributed by atoms with Gasteiger partial charge in [0, 0.05) is 11.3 Å². The van der Waals surface area contributed by atoms with Crippen LogP contribution in [0.5, 0.6) is 0 Å². The average Bonchev–Trinajstić information content (AvgIpc) is 3.31. The van der Waals surface area contributed by atoms with Gasteiger partial charge in [0.05, 0.1) is 11.3 Å². The van der Waals surface area contributed by atoms with E-state index in [1.54, 1.807) is 16.8 Å². The zero-order chi connectivity index (χ0) is 20.5. The van der Waals surface area contributed by atoms with E-state index in [4.69, 9.17) is 4.74 Å². The van der Waals surface area contributed by atoms with Crippen molar-refractivity contribution in [3.05, 3.63) is 82.4 Å². The van der Waals surface area contributed by atoms with Crippen molar-refractivity contribution in [1.29, 1.82) is 0 Å². The first kappa shape index (κ1) is 18.9. The maximum absolute atomic E-state index is 13.7. The van der Waals surface area contributed by atoms with Crippen LogP contribution in [0.25, 0.3) is 5.69 Å². The van der Waals surface area contributed by atoms with Crippen LogP contribution >= 0.6 is 0 Å². The summed E-state index contributed by atoms with van der Waals surface area (Å²) in [4.78, 5) is 24.6. The fourth-order valence-electron chi connectivity index (χ4n) is 3.39. The molecule has 5 nitrogen and oxygen atoms in total. The van der Waals surface area contributed by atoms with Gasteiger partial charge in [-0.15, -0.1) is 0 Å². The second kappa shape index (κ2) is 7.54. The Bertz CT molecular complexity index is 1110. The number of aromatic nitrogens is 2. The minimum atomic E-state index is -0.895. The van der Waals surface area contributed by atoms with E-state index in [1.165, 1.54) is 12.1 Å². The van der Waals surface area contributed by atoms with Crippen molar-refractivity contribution in [2.45, 2.75) is 19.3 Å². The summed E-state index contributed by atoms with van der Waals surface area (Å²) in [5, 5.41) is 4.29.